The van der Waals surface area contributed by atoms with Gasteiger partial charge in [0.05, 0.1) is 10.6 Å². The average Bonchev–Trinajstić information content (AvgIpc) is 3.53. The third-order valence-electron chi connectivity index (χ3n) is 6.02. The highest BCUT2D eigenvalue weighted by molar-refractivity contribution is 7.90. The maximum atomic E-state index is 13.2. The van der Waals surface area contributed by atoms with Crippen LogP contribution >= 0.6 is 0 Å². The molecule has 3 aromatic rings. The van der Waals surface area contributed by atoms with E-state index in [9.17, 15) is 13.2 Å². The molecule has 2 N–H and O–H groups in total. The van der Waals surface area contributed by atoms with E-state index in [1.807, 2.05) is 35.9 Å². The molecule has 0 spiro atoms. The Morgan fingerprint density at radius 3 is 2.67 bits per heavy atom. The molecule has 9 heteroatoms. The van der Waals surface area contributed by atoms with Gasteiger partial charge >= 0.3 is 0 Å². The number of aliphatic imine (C=N–C) groups is 1. The zero-order valence-corrected chi connectivity index (χ0v) is 19.2. The van der Waals surface area contributed by atoms with Crippen molar-refractivity contribution in [1.82, 2.24) is 14.5 Å². The summed E-state index contributed by atoms with van der Waals surface area (Å²) in [6.45, 7) is 2.66. The van der Waals surface area contributed by atoms with Crippen LogP contribution in [-0.2, 0) is 22.9 Å². The zero-order chi connectivity index (χ0) is 23.0. The second-order valence-corrected chi connectivity index (χ2v) is 10.0. The van der Waals surface area contributed by atoms with Gasteiger partial charge in [0.1, 0.15) is 5.84 Å². The zero-order valence-electron chi connectivity index (χ0n) is 18.3. The third kappa shape index (κ3) is 4.16. The van der Waals surface area contributed by atoms with Crippen LogP contribution in [0.2, 0.25) is 0 Å². The number of anilines is 1. The second kappa shape index (κ2) is 8.47. The van der Waals surface area contributed by atoms with Crippen LogP contribution in [0.3, 0.4) is 0 Å². The number of amidine groups is 1. The topological polar surface area (TPSA) is 105 Å². The number of nitrogens with zero attached hydrogens (tertiary/aromatic N) is 3. The first kappa shape index (κ1) is 21.4. The van der Waals surface area contributed by atoms with Crippen LogP contribution in [0.25, 0.3) is 5.69 Å². The molecule has 1 aromatic heterocycles. The van der Waals surface area contributed by atoms with E-state index < -0.39 is 10.0 Å². The van der Waals surface area contributed by atoms with Crippen molar-refractivity contribution >= 4 is 27.5 Å². The molecule has 0 saturated heterocycles. The number of hydrogen-bond acceptors (Lipinski definition) is 5. The Bertz CT molecular complexity index is 1370. The SMILES string of the molecule is Cc1ccccc1-n1nc(C(=O)Nc2cccc(S(=O)(=O)NC3=NCCC3)c2)c2c1CCC2. The lowest BCUT2D eigenvalue weighted by molar-refractivity contribution is 0.102. The van der Waals surface area contributed by atoms with E-state index in [0.717, 1.165) is 48.2 Å². The minimum atomic E-state index is -3.76. The molecule has 2 aromatic carbocycles. The second-order valence-electron chi connectivity index (χ2n) is 8.35. The fourth-order valence-corrected chi connectivity index (χ4v) is 5.52. The number of sulfonamides is 1. The first-order valence-electron chi connectivity index (χ1n) is 11.1. The molecule has 0 fully saturated rings. The molecule has 33 heavy (non-hydrogen) atoms. The molecule has 2 aliphatic rings. The van der Waals surface area contributed by atoms with E-state index in [2.05, 4.69) is 20.1 Å². The van der Waals surface area contributed by atoms with Gasteiger partial charge in [-0.2, -0.15) is 5.10 Å². The van der Waals surface area contributed by atoms with Crippen LogP contribution in [-0.4, -0.2) is 36.5 Å². The molecule has 0 unspecified atom stereocenters. The molecule has 0 saturated carbocycles. The van der Waals surface area contributed by atoms with Crippen LogP contribution in [0.1, 0.15) is 46.6 Å². The Morgan fingerprint density at radius 2 is 1.88 bits per heavy atom. The largest absolute Gasteiger partial charge is 0.321 e. The number of fused-ring (bicyclic) bond motifs is 1. The van der Waals surface area contributed by atoms with Gasteiger partial charge in [-0.1, -0.05) is 24.3 Å². The molecule has 0 radical (unpaired) electrons. The Kier molecular flexibility index (Phi) is 5.49. The molecule has 1 aliphatic heterocycles. The van der Waals surface area contributed by atoms with E-state index in [4.69, 9.17) is 0 Å². The first-order valence-corrected chi connectivity index (χ1v) is 12.5. The summed E-state index contributed by atoms with van der Waals surface area (Å²) in [4.78, 5) is 17.4. The van der Waals surface area contributed by atoms with Gasteiger partial charge < -0.3 is 5.32 Å². The van der Waals surface area contributed by atoms with Gasteiger partial charge in [0.2, 0.25) is 0 Å². The van der Waals surface area contributed by atoms with Gasteiger partial charge in [-0.25, -0.2) is 13.1 Å². The molecule has 8 nitrogen and oxygen atoms in total. The molecular formula is C24H25N5O3S. The highest BCUT2D eigenvalue weighted by atomic mass is 32.2. The monoisotopic (exact) mass is 463 g/mol. The summed E-state index contributed by atoms with van der Waals surface area (Å²) in [5.74, 6) is 0.130. The molecule has 1 aliphatic carbocycles. The minimum absolute atomic E-state index is 0.0746. The molecular weight excluding hydrogens is 438 g/mol. The molecule has 1 amide bonds. The van der Waals surface area contributed by atoms with Crippen molar-refractivity contribution in [2.45, 2.75) is 43.9 Å². The summed E-state index contributed by atoms with van der Waals surface area (Å²) >= 11 is 0. The predicted octanol–water partition coefficient (Wildman–Crippen LogP) is 3.39. The van der Waals surface area contributed by atoms with E-state index in [0.29, 0.717) is 30.2 Å². The smallest absolute Gasteiger partial charge is 0.276 e. The highest BCUT2D eigenvalue weighted by Crippen LogP contribution is 2.29. The van der Waals surface area contributed by atoms with Crippen LogP contribution in [0, 0.1) is 6.92 Å². The van der Waals surface area contributed by atoms with Crippen molar-refractivity contribution in [3.8, 4) is 5.69 Å². The Hall–Kier alpha value is -3.46. The molecule has 0 bridgehead atoms. The summed E-state index contributed by atoms with van der Waals surface area (Å²) < 4.78 is 29.9. The molecule has 5 rings (SSSR count). The van der Waals surface area contributed by atoms with Crippen molar-refractivity contribution in [2.75, 3.05) is 11.9 Å². The summed E-state index contributed by atoms with van der Waals surface area (Å²) in [7, 11) is -3.76. The minimum Gasteiger partial charge on any atom is -0.321 e. The van der Waals surface area contributed by atoms with Gasteiger partial charge in [0.15, 0.2) is 5.69 Å². The number of benzene rings is 2. The van der Waals surface area contributed by atoms with Crippen molar-refractivity contribution in [3.05, 3.63) is 71.0 Å². The van der Waals surface area contributed by atoms with Crippen molar-refractivity contribution < 1.29 is 13.2 Å². The number of rotatable bonds is 5. The number of carbonyl (C=O) groups excluding carboxylic acids is 1. The number of carbonyl (C=O) groups is 1. The van der Waals surface area contributed by atoms with Gasteiger partial charge in [-0.15, -0.1) is 0 Å². The average molecular weight is 464 g/mol. The van der Waals surface area contributed by atoms with Crippen molar-refractivity contribution in [3.63, 3.8) is 0 Å². The van der Waals surface area contributed by atoms with Crippen LogP contribution in [0.4, 0.5) is 5.69 Å². The fourth-order valence-electron chi connectivity index (χ4n) is 4.39. The van der Waals surface area contributed by atoms with E-state index in [1.165, 1.54) is 12.1 Å². The standard InChI is InChI=1S/C24H25N5O3S/c1-16-7-2-3-11-20(16)29-21-12-5-10-19(21)23(27-29)24(30)26-17-8-4-9-18(15-17)33(31,32)28-22-13-6-14-25-22/h2-4,7-9,11,15H,5-6,10,12-14H2,1H3,(H,25,28)(H,26,30). The Morgan fingerprint density at radius 1 is 1.03 bits per heavy atom. The van der Waals surface area contributed by atoms with Crippen molar-refractivity contribution in [2.24, 2.45) is 4.99 Å². The number of nitrogens with one attached hydrogen (secondary N) is 2. The summed E-state index contributed by atoms with van der Waals surface area (Å²) in [5, 5.41) is 7.49. The normalized spacial score (nSPS) is 15.2. The predicted molar refractivity (Wildman–Crippen MR) is 127 cm³/mol. The number of para-hydroxylation sites is 1. The quantitative estimate of drug-likeness (QED) is 0.605. The lowest BCUT2D eigenvalue weighted by Gasteiger charge is -2.10. The van der Waals surface area contributed by atoms with E-state index in [-0.39, 0.29) is 10.8 Å². The van der Waals surface area contributed by atoms with Gasteiger partial charge in [-0.3, -0.25) is 14.5 Å². The number of aryl methyl sites for hydroxylation is 1. The van der Waals surface area contributed by atoms with E-state index in [1.54, 1.807) is 12.1 Å². The number of aromatic nitrogens is 2. The summed E-state index contributed by atoms with van der Waals surface area (Å²) in [6.07, 6.45) is 4.10. The summed E-state index contributed by atoms with van der Waals surface area (Å²) in [6, 6.07) is 14.2. The van der Waals surface area contributed by atoms with Gasteiger partial charge in [0.25, 0.3) is 15.9 Å². The van der Waals surface area contributed by atoms with Crippen LogP contribution < -0.4 is 10.0 Å². The molecule has 170 valence electrons. The maximum Gasteiger partial charge on any atom is 0.276 e. The summed E-state index contributed by atoms with van der Waals surface area (Å²) in [5.41, 5.74) is 4.85. The van der Waals surface area contributed by atoms with E-state index >= 15 is 0 Å². The van der Waals surface area contributed by atoms with Crippen LogP contribution in [0.15, 0.2) is 58.4 Å². The fraction of sp³-hybridized carbons (Fsp3) is 0.292. The molecule has 2 heterocycles. The van der Waals surface area contributed by atoms with Crippen molar-refractivity contribution in [1.29, 1.82) is 0 Å². The Balaban J connectivity index is 1.41. The lowest BCUT2D eigenvalue weighted by Crippen LogP contribution is -2.29. The third-order valence-corrected chi connectivity index (χ3v) is 7.40. The van der Waals surface area contributed by atoms with Gasteiger partial charge in [-0.05, 0) is 62.4 Å². The van der Waals surface area contributed by atoms with Gasteiger partial charge in [0, 0.05) is 29.9 Å². The highest BCUT2D eigenvalue weighted by Gasteiger charge is 2.27. The number of hydrogen-bond donors (Lipinski definition) is 2. The lowest BCUT2D eigenvalue weighted by atomic mass is 10.1. The first-order chi connectivity index (χ1) is 15.9. The number of amides is 1. The maximum absolute atomic E-state index is 13.2. The molecule has 0 atom stereocenters. The van der Waals surface area contributed by atoms with Crippen LogP contribution in [0.5, 0.6) is 0 Å². The Labute approximate surface area is 192 Å².